The molecule has 0 bridgehead atoms. The van der Waals surface area contributed by atoms with E-state index >= 15 is 0 Å². The molecule has 1 aromatic heterocycles. The summed E-state index contributed by atoms with van der Waals surface area (Å²) < 4.78 is 16.3. The maximum absolute atomic E-state index is 12.5. The van der Waals surface area contributed by atoms with Crippen molar-refractivity contribution in [3.63, 3.8) is 0 Å². The van der Waals surface area contributed by atoms with Crippen LogP contribution in [0.25, 0.3) is 0 Å². The highest BCUT2D eigenvalue weighted by Gasteiger charge is 2.20. The van der Waals surface area contributed by atoms with Gasteiger partial charge in [-0.25, -0.2) is 0 Å². The van der Waals surface area contributed by atoms with Gasteiger partial charge in [0.05, 0.1) is 23.1 Å². The van der Waals surface area contributed by atoms with Gasteiger partial charge in [-0.2, -0.15) is 0 Å². The summed E-state index contributed by atoms with van der Waals surface area (Å²) in [6.07, 6.45) is 0. The predicted octanol–water partition coefficient (Wildman–Crippen LogP) is 5.08. The first-order valence-electron chi connectivity index (χ1n) is 8.47. The molecule has 3 aromatic rings. The van der Waals surface area contributed by atoms with Gasteiger partial charge in [0.15, 0.2) is 6.61 Å². The quantitative estimate of drug-likeness (QED) is 0.475. The maximum atomic E-state index is 12.5. The van der Waals surface area contributed by atoms with Crippen molar-refractivity contribution in [2.24, 2.45) is 0 Å². The SMILES string of the molecule is COc1ccc(Cl)cc1NC(=O)[C@@H](C)Sc1nnc(COc2ccccc2Cl)o1. The predicted molar refractivity (Wildman–Crippen MR) is 112 cm³/mol. The molecule has 0 aliphatic heterocycles. The van der Waals surface area contributed by atoms with Crippen molar-refractivity contribution in [3.8, 4) is 11.5 Å². The summed E-state index contributed by atoms with van der Waals surface area (Å²) >= 11 is 13.2. The molecular formula is C19H17Cl2N3O4S. The number of methoxy groups -OCH3 is 1. The summed E-state index contributed by atoms with van der Waals surface area (Å²) in [5.41, 5.74) is 0.483. The van der Waals surface area contributed by atoms with Crippen molar-refractivity contribution in [2.45, 2.75) is 24.0 Å². The van der Waals surface area contributed by atoms with Crippen LogP contribution in [0.5, 0.6) is 11.5 Å². The van der Waals surface area contributed by atoms with Crippen LogP contribution in [0.1, 0.15) is 12.8 Å². The lowest BCUT2D eigenvalue weighted by Gasteiger charge is -2.13. The molecule has 29 heavy (non-hydrogen) atoms. The first kappa shape index (κ1) is 21.3. The molecule has 1 N–H and O–H groups in total. The van der Waals surface area contributed by atoms with Crippen molar-refractivity contribution in [1.29, 1.82) is 0 Å². The van der Waals surface area contributed by atoms with E-state index in [-0.39, 0.29) is 23.6 Å². The minimum Gasteiger partial charge on any atom is -0.495 e. The summed E-state index contributed by atoms with van der Waals surface area (Å²) in [6, 6.07) is 12.1. The van der Waals surface area contributed by atoms with Crippen LogP contribution in [-0.2, 0) is 11.4 Å². The number of amides is 1. The zero-order valence-corrected chi connectivity index (χ0v) is 17.8. The zero-order valence-electron chi connectivity index (χ0n) is 15.5. The summed E-state index contributed by atoms with van der Waals surface area (Å²) in [6.45, 7) is 1.79. The number of hydrogen-bond acceptors (Lipinski definition) is 7. The van der Waals surface area contributed by atoms with Crippen LogP contribution >= 0.6 is 35.0 Å². The third-order valence-electron chi connectivity index (χ3n) is 3.70. The van der Waals surface area contributed by atoms with Gasteiger partial charge < -0.3 is 19.2 Å². The smallest absolute Gasteiger partial charge is 0.277 e. The molecule has 0 saturated carbocycles. The number of halogens is 2. The third kappa shape index (κ3) is 5.79. The van der Waals surface area contributed by atoms with Crippen LogP contribution in [0.4, 0.5) is 5.69 Å². The van der Waals surface area contributed by atoms with Crippen LogP contribution in [0.15, 0.2) is 52.1 Å². The number of benzene rings is 2. The minimum absolute atomic E-state index is 0.0670. The lowest BCUT2D eigenvalue weighted by Crippen LogP contribution is -2.22. The fourth-order valence-electron chi connectivity index (χ4n) is 2.26. The Morgan fingerprint density at radius 2 is 2.00 bits per heavy atom. The Kier molecular flexibility index (Phi) is 7.24. The van der Waals surface area contributed by atoms with Crippen LogP contribution < -0.4 is 14.8 Å². The standard InChI is InChI=1S/C19H17Cl2N3O4S/c1-11(18(25)22-14-9-12(20)7-8-16(14)26-2)29-19-24-23-17(28-19)10-27-15-6-4-3-5-13(15)21/h3-9,11H,10H2,1-2H3,(H,22,25)/t11-/m1/s1. The number of ether oxygens (including phenoxy) is 2. The average molecular weight is 454 g/mol. The van der Waals surface area contributed by atoms with Crippen LogP contribution in [0.3, 0.4) is 0 Å². The lowest BCUT2D eigenvalue weighted by atomic mass is 10.3. The summed E-state index contributed by atoms with van der Waals surface area (Å²) in [5.74, 6) is 1.04. The number of nitrogens with zero attached hydrogens (tertiary/aromatic N) is 2. The Balaban J connectivity index is 1.57. The maximum Gasteiger partial charge on any atom is 0.277 e. The second-order valence-corrected chi connectivity index (χ2v) is 7.91. The number of carbonyl (C=O) groups excluding carboxylic acids is 1. The molecule has 1 atom stereocenters. The first-order valence-corrected chi connectivity index (χ1v) is 10.1. The molecule has 3 rings (SSSR count). The molecule has 1 heterocycles. The van der Waals surface area contributed by atoms with Gasteiger partial charge in [0.1, 0.15) is 11.5 Å². The van der Waals surface area contributed by atoms with E-state index in [1.165, 1.54) is 7.11 Å². The number of aromatic nitrogens is 2. The molecule has 0 unspecified atom stereocenters. The van der Waals surface area contributed by atoms with E-state index in [1.807, 2.05) is 12.1 Å². The average Bonchev–Trinajstić information content (AvgIpc) is 3.15. The summed E-state index contributed by atoms with van der Waals surface area (Å²) in [7, 11) is 1.52. The Bertz CT molecular complexity index is 999. The zero-order chi connectivity index (χ0) is 20.8. The number of nitrogens with one attached hydrogen (secondary N) is 1. The van der Waals surface area contributed by atoms with Gasteiger partial charge in [-0.3, -0.25) is 4.79 Å². The second-order valence-electron chi connectivity index (χ2n) is 5.77. The number of rotatable bonds is 8. The fraction of sp³-hybridized carbons (Fsp3) is 0.211. The molecule has 1 amide bonds. The normalized spacial score (nSPS) is 11.7. The Morgan fingerprint density at radius 3 is 2.76 bits per heavy atom. The Morgan fingerprint density at radius 1 is 1.21 bits per heavy atom. The molecule has 152 valence electrons. The van der Waals surface area contributed by atoms with Crippen LogP contribution in [0, 0.1) is 0 Å². The molecule has 7 nitrogen and oxygen atoms in total. The molecule has 0 aliphatic rings. The van der Waals surface area contributed by atoms with E-state index in [0.717, 1.165) is 11.8 Å². The molecule has 0 fully saturated rings. The molecule has 0 saturated heterocycles. The van der Waals surface area contributed by atoms with E-state index < -0.39 is 5.25 Å². The van der Waals surface area contributed by atoms with Gasteiger partial charge in [0.25, 0.3) is 11.1 Å². The Hall–Kier alpha value is -2.42. The molecule has 10 heteroatoms. The number of anilines is 1. The van der Waals surface area contributed by atoms with Crippen molar-refractivity contribution >= 4 is 46.6 Å². The largest absolute Gasteiger partial charge is 0.495 e. The van der Waals surface area contributed by atoms with E-state index in [4.69, 9.17) is 37.1 Å². The van der Waals surface area contributed by atoms with Gasteiger partial charge in [-0.05, 0) is 37.3 Å². The molecular weight excluding hydrogens is 437 g/mol. The number of para-hydroxylation sites is 1. The molecule has 0 aliphatic carbocycles. The third-order valence-corrected chi connectivity index (χ3v) is 5.18. The number of hydrogen-bond donors (Lipinski definition) is 1. The minimum atomic E-state index is -0.503. The van der Waals surface area contributed by atoms with E-state index in [1.54, 1.807) is 37.3 Å². The monoisotopic (exact) mass is 453 g/mol. The lowest BCUT2D eigenvalue weighted by molar-refractivity contribution is -0.115. The molecule has 2 aromatic carbocycles. The van der Waals surface area contributed by atoms with Crippen molar-refractivity contribution in [3.05, 3.63) is 58.4 Å². The van der Waals surface area contributed by atoms with Crippen LogP contribution in [0.2, 0.25) is 10.0 Å². The topological polar surface area (TPSA) is 86.5 Å². The van der Waals surface area contributed by atoms with Crippen LogP contribution in [-0.4, -0.2) is 28.5 Å². The summed E-state index contributed by atoms with van der Waals surface area (Å²) in [5, 5.41) is 11.4. The first-order chi connectivity index (χ1) is 14.0. The molecule has 0 radical (unpaired) electrons. The van der Waals surface area contributed by atoms with E-state index in [0.29, 0.717) is 27.2 Å². The highest BCUT2D eigenvalue weighted by molar-refractivity contribution is 8.00. The molecule has 0 spiro atoms. The number of carbonyl (C=O) groups is 1. The van der Waals surface area contributed by atoms with Gasteiger partial charge >= 0.3 is 0 Å². The highest BCUT2D eigenvalue weighted by atomic mass is 35.5. The Labute approximate surface area is 181 Å². The van der Waals surface area contributed by atoms with Gasteiger partial charge in [0.2, 0.25) is 5.91 Å². The van der Waals surface area contributed by atoms with Gasteiger partial charge in [-0.1, -0.05) is 47.1 Å². The van der Waals surface area contributed by atoms with E-state index in [9.17, 15) is 4.79 Å². The second kappa shape index (κ2) is 9.87. The highest BCUT2D eigenvalue weighted by Crippen LogP contribution is 2.30. The fourth-order valence-corrected chi connectivity index (χ4v) is 3.33. The van der Waals surface area contributed by atoms with Gasteiger partial charge in [0, 0.05) is 5.02 Å². The van der Waals surface area contributed by atoms with Crippen molar-refractivity contribution < 1.29 is 18.7 Å². The summed E-state index contributed by atoms with van der Waals surface area (Å²) in [4.78, 5) is 12.5. The van der Waals surface area contributed by atoms with Gasteiger partial charge in [-0.15, -0.1) is 10.2 Å². The van der Waals surface area contributed by atoms with Crippen molar-refractivity contribution in [1.82, 2.24) is 10.2 Å². The van der Waals surface area contributed by atoms with Crippen molar-refractivity contribution in [2.75, 3.05) is 12.4 Å². The number of thioether (sulfide) groups is 1. The van der Waals surface area contributed by atoms with E-state index in [2.05, 4.69) is 15.5 Å².